The summed E-state index contributed by atoms with van der Waals surface area (Å²) in [5.74, 6) is -0.616. The average molecular weight is 344 g/mol. The molecule has 0 aliphatic rings. The molecule has 0 aliphatic heterocycles. The molecule has 0 spiro atoms. The molecule has 0 rings (SSSR count). The summed E-state index contributed by atoms with van der Waals surface area (Å²) in [4.78, 5) is 10.9. The first-order valence-electron chi connectivity index (χ1n) is 9.89. The summed E-state index contributed by atoms with van der Waals surface area (Å²) in [6.45, 7) is 8.26. The maximum atomic E-state index is 10.9. The fraction of sp³-hybridized carbons (Fsp3) is 0.850. The zero-order valence-electron chi connectivity index (χ0n) is 16.0. The summed E-state index contributed by atoms with van der Waals surface area (Å²) >= 11 is 0. The quantitative estimate of drug-likeness (QED) is 0.143. The summed E-state index contributed by atoms with van der Waals surface area (Å²) in [6, 6.07) is 0. The van der Waals surface area contributed by atoms with E-state index in [1.807, 2.05) is 0 Å². The SMILES string of the molecule is C=C.CCCCCCCCCCCCCCCCCC(=O)N(O)O. The second kappa shape index (κ2) is 22.1. The molecule has 0 heterocycles. The predicted molar refractivity (Wildman–Crippen MR) is 101 cm³/mol. The van der Waals surface area contributed by atoms with Crippen LogP contribution in [0.2, 0.25) is 0 Å². The van der Waals surface area contributed by atoms with Crippen LogP contribution in [0.1, 0.15) is 110 Å². The number of hydrogen-bond donors (Lipinski definition) is 2. The van der Waals surface area contributed by atoms with Crippen LogP contribution in [0.15, 0.2) is 13.2 Å². The number of amides is 1. The number of rotatable bonds is 16. The van der Waals surface area contributed by atoms with Gasteiger partial charge >= 0.3 is 0 Å². The van der Waals surface area contributed by atoms with Gasteiger partial charge in [0.2, 0.25) is 0 Å². The molecular weight excluding hydrogens is 302 g/mol. The van der Waals surface area contributed by atoms with Crippen LogP contribution in [0.5, 0.6) is 0 Å². The van der Waals surface area contributed by atoms with Crippen molar-refractivity contribution in [2.45, 2.75) is 110 Å². The Labute approximate surface area is 149 Å². The number of carbonyl (C=O) groups excluding carboxylic acids is 1. The monoisotopic (exact) mass is 343 g/mol. The highest BCUT2D eigenvalue weighted by Crippen LogP contribution is 2.13. The topological polar surface area (TPSA) is 60.8 Å². The minimum Gasteiger partial charge on any atom is -0.270 e. The van der Waals surface area contributed by atoms with Crippen molar-refractivity contribution in [1.29, 1.82) is 0 Å². The number of carbonyl (C=O) groups is 1. The molecule has 0 aromatic carbocycles. The zero-order chi connectivity index (χ0) is 18.5. The molecule has 0 bridgehead atoms. The normalized spacial score (nSPS) is 10.1. The highest BCUT2D eigenvalue weighted by Gasteiger charge is 2.06. The minimum atomic E-state index is -0.616. The van der Waals surface area contributed by atoms with Gasteiger partial charge in [0.25, 0.3) is 5.91 Å². The van der Waals surface area contributed by atoms with Crippen LogP contribution >= 0.6 is 0 Å². The smallest absolute Gasteiger partial charge is 0.270 e. The van der Waals surface area contributed by atoms with Crippen LogP contribution in [0.4, 0.5) is 0 Å². The molecule has 0 saturated heterocycles. The molecule has 24 heavy (non-hydrogen) atoms. The molecule has 0 unspecified atom stereocenters. The number of hydrogen-bond acceptors (Lipinski definition) is 3. The Balaban J connectivity index is 0. The van der Waals surface area contributed by atoms with Crippen molar-refractivity contribution in [3.8, 4) is 0 Å². The van der Waals surface area contributed by atoms with Gasteiger partial charge in [-0.1, -0.05) is 102 Å². The van der Waals surface area contributed by atoms with Crippen molar-refractivity contribution in [1.82, 2.24) is 5.23 Å². The average Bonchev–Trinajstić information content (AvgIpc) is 2.59. The van der Waals surface area contributed by atoms with Crippen molar-refractivity contribution in [3.63, 3.8) is 0 Å². The molecule has 144 valence electrons. The van der Waals surface area contributed by atoms with E-state index in [1.165, 1.54) is 77.0 Å². The van der Waals surface area contributed by atoms with Gasteiger partial charge in [-0.05, 0) is 6.42 Å². The molecule has 0 atom stereocenters. The summed E-state index contributed by atoms with van der Waals surface area (Å²) in [5, 5.41) is 16.6. The van der Waals surface area contributed by atoms with Gasteiger partial charge in [0, 0.05) is 6.42 Å². The molecule has 4 heteroatoms. The van der Waals surface area contributed by atoms with Crippen LogP contribution in [-0.2, 0) is 4.79 Å². The van der Waals surface area contributed by atoms with Crippen molar-refractivity contribution in [2.24, 2.45) is 0 Å². The van der Waals surface area contributed by atoms with Gasteiger partial charge in [0.1, 0.15) is 0 Å². The molecule has 0 aromatic rings. The van der Waals surface area contributed by atoms with Crippen molar-refractivity contribution in [2.75, 3.05) is 0 Å². The lowest BCUT2D eigenvalue weighted by molar-refractivity contribution is -0.285. The van der Waals surface area contributed by atoms with Gasteiger partial charge in [0.05, 0.1) is 0 Å². The fourth-order valence-corrected chi connectivity index (χ4v) is 2.75. The fourth-order valence-electron chi connectivity index (χ4n) is 2.75. The summed E-state index contributed by atoms with van der Waals surface area (Å²) in [7, 11) is 0. The van der Waals surface area contributed by atoms with Crippen LogP contribution in [0.25, 0.3) is 0 Å². The maximum absolute atomic E-state index is 10.9. The number of hydroxylamine groups is 2. The van der Waals surface area contributed by atoms with Crippen LogP contribution in [-0.4, -0.2) is 21.5 Å². The molecular formula is C20H41NO3. The lowest BCUT2D eigenvalue weighted by Crippen LogP contribution is -2.22. The van der Waals surface area contributed by atoms with E-state index in [0.29, 0.717) is 0 Å². The van der Waals surface area contributed by atoms with E-state index >= 15 is 0 Å². The molecule has 1 amide bonds. The van der Waals surface area contributed by atoms with E-state index in [2.05, 4.69) is 20.1 Å². The third-order valence-corrected chi connectivity index (χ3v) is 4.22. The molecule has 0 aromatic heterocycles. The standard InChI is InChI=1S/C18H37NO3.C2H4/c1-2-3-4-5-6-7-8-9-10-11-12-13-14-15-16-17-18(20)19(21)22;1-2/h21-22H,2-17H2,1H3;1-2H2. The lowest BCUT2D eigenvalue weighted by Gasteiger charge is -2.05. The van der Waals surface area contributed by atoms with Crippen LogP contribution in [0, 0.1) is 0 Å². The van der Waals surface area contributed by atoms with E-state index in [0.717, 1.165) is 19.3 Å². The van der Waals surface area contributed by atoms with Gasteiger partial charge in [0.15, 0.2) is 0 Å². The van der Waals surface area contributed by atoms with E-state index in [9.17, 15) is 4.79 Å². The summed E-state index contributed by atoms with van der Waals surface area (Å²) < 4.78 is 0. The molecule has 2 N–H and O–H groups in total. The zero-order valence-corrected chi connectivity index (χ0v) is 16.0. The van der Waals surface area contributed by atoms with Gasteiger partial charge in [-0.15, -0.1) is 13.2 Å². The predicted octanol–water partition coefficient (Wildman–Crippen LogP) is 6.66. The highest BCUT2D eigenvalue weighted by molar-refractivity contribution is 5.73. The Hall–Kier alpha value is -0.870. The highest BCUT2D eigenvalue weighted by atomic mass is 16.8. The Morgan fingerprint density at radius 2 is 0.958 bits per heavy atom. The Morgan fingerprint density at radius 1 is 0.667 bits per heavy atom. The second-order valence-corrected chi connectivity index (χ2v) is 6.38. The van der Waals surface area contributed by atoms with Gasteiger partial charge in [-0.3, -0.25) is 15.2 Å². The first kappa shape index (κ1) is 25.4. The molecule has 4 nitrogen and oxygen atoms in total. The van der Waals surface area contributed by atoms with E-state index in [1.54, 1.807) is 0 Å². The first-order chi connectivity index (χ1) is 11.7. The summed E-state index contributed by atoms with van der Waals surface area (Å²) in [6.07, 6.45) is 19.5. The van der Waals surface area contributed by atoms with E-state index in [-0.39, 0.29) is 11.6 Å². The lowest BCUT2D eigenvalue weighted by atomic mass is 10.0. The second-order valence-electron chi connectivity index (χ2n) is 6.38. The van der Waals surface area contributed by atoms with Crippen molar-refractivity contribution < 1.29 is 15.2 Å². The van der Waals surface area contributed by atoms with Crippen molar-refractivity contribution >= 4 is 5.91 Å². The summed E-state index contributed by atoms with van der Waals surface area (Å²) in [5.41, 5.74) is 0. The first-order valence-corrected chi connectivity index (χ1v) is 9.89. The number of nitrogens with zero attached hydrogens (tertiary/aromatic N) is 1. The van der Waals surface area contributed by atoms with Gasteiger partial charge in [-0.25, -0.2) is 0 Å². The molecule has 0 aliphatic carbocycles. The minimum absolute atomic E-state index is 0.227. The third-order valence-electron chi connectivity index (χ3n) is 4.22. The largest absolute Gasteiger partial charge is 0.273 e. The molecule has 0 radical (unpaired) electrons. The Morgan fingerprint density at radius 3 is 1.25 bits per heavy atom. The maximum Gasteiger partial charge on any atom is 0.273 e. The Bertz CT molecular complexity index is 257. The molecule has 0 saturated carbocycles. The third kappa shape index (κ3) is 21.1. The van der Waals surface area contributed by atoms with E-state index in [4.69, 9.17) is 10.4 Å². The Kier molecular flexibility index (Phi) is 23.4. The van der Waals surface area contributed by atoms with E-state index < -0.39 is 5.91 Å². The van der Waals surface area contributed by atoms with Gasteiger partial charge < -0.3 is 0 Å². The van der Waals surface area contributed by atoms with Crippen molar-refractivity contribution in [3.05, 3.63) is 13.2 Å². The number of unbranched alkanes of at least 4 members (excludes halogenated alkanes) is 14. The van der Waals surface area contributed by atoms with Gasteiger partial charge in [-0.2, -0.15) is 0 Å². The molecule has 0 fully saturated rings. The van der Waals surface area contributed by atoms with Crippen LogP contribution in [0.3, 0.4) is 0 Å². The van der Waals surface area contributed by atoms with Crippen LogP contribution < -0.4 is 0 Å².